The Morgan fingerprint density at radius 1 is 1.06 bits per heavy atom. The number of pyridine rings is 1. The molecule has 0 spiro atoms. The van der Waals surface area contributed by atoms with Gasteiger partial charge in [-0.05, 0) is 48.0 Å². The van der Waals surface area contributed by atoms with Crippen LogP contribution >= 0.6 is 0 Å². The molecular weight excluding hydrogens is 418 g/mol. The number of aliphatic hydroxyl groups excluding tert-OH is 1. The highest BCUT2D eigenvalue weighted by atomic mass is 16.5. The van der Waals surface area contributed by atoms with Gasteiger partial charge in [-0.15, -0.1) is 0 Å². The van der Waals surface area contributed by atoms with E-state index in [0.717, 1.165) is 11.3 Å². The summed E-state index contributed by atoms with van der Waals surface area (Å²) in [5.74, 6) is 0.443. The van der Waals surface area contributed by atoms with E-state index in [4.69, 9.17) is 4.74 Å². The Balaban J connectivity index is 1.46. The summed E-state index contributed by atoms with van der Waals surface area (Å²) in [6, 6.07) is 19.8. The number of methoxy groups -OCH3 is 1. The molecule has 2 aromatic carbocycles. The zero-order valence-electron chi connectivity index (χ0n) is 18.3. The van der Waals surface area contributed by atoms with Gasteiger partial charge in [0.15, 0.2) is 0 Å². The standard InChI is InChI=1S/C26H25N3O4/c1-33-19-11-9-17(10-12-19)26(32)28-15-22-25(20-7-2-3-8-21(20)28)23(16-30)29(22)24(31)14-18-6-4-5-13-27-18/h2-13,22-23,25,30H,14-16H2,1H3/t22-,23+,25+/m1/s1. The number of hydrogen-bond acceptors (Lipinski definition) is 5. The van der Waals surface area contributed by atoms with Gasteiger partial charge in [0, 0.05) is 35.6 Å². The van der Waals surface area contributed by atoms with Gasteiger partial charge in [0.05, 0.1) is 32.2 Å². The monoisotopic (exact) mass is 443 g/mol. The molecule has 3 atom stereocenters. The van der Waals surface area contributed by atoms with E-state index in [1.165, 1.54) is 0 Å². The number of carbonyl (C=O) groups excluding carboxylic acids is 2. The van der Waals surface area contributed by atoms with Crippen molar-refractivity contribution in [3.8, 4) is 5.75 Å². The van der Waals surface area contributed by atoms with Crippen LogP contribution in [0.4, 0.5) is 5.69 Å². The summed E-state index contributed by atoms with van der Waals surface area (Å²) in [5.41, 5.74) is 3.05. The number of likely N-dealkylation sites (tertiary alicyclic amines) is 1. The van der Waals surface area contributed by atoms with Gasteiger partial charge in [-0.1, -0.05) is 24.3 Å². The number of para-hydroxylation sites is 1. The number of amides is 2. The van der Waals surface area contributed by atoms with Gasteiger partial charge in [-0.25, -0.2) is 0 Å². The Morgan fingerprint density at radius 3 is 2.52 bits per heavy atom. The van der Waals surface area contributed by atoms with E-state index < -0.39 is 0 Å². The molecule has 0 saturated carbocycles. The van der Waals surface area contributed by atoms with Crippen molar-refractivity contribution in [3.05, 3.63) is 89.7 Å². The predicted molar refractivity (Wildman–Crippen MR) is 123 cm³/mol. The van der Waals surface area contributed by atoms with Gasteiger partial charge in [0.1, 0.15) is 5.75 Å². The van der Waals surface area contributed by atoms with Crippen molar-refractivity contribution in [2.24, 2.45) is 0 Å². The molecular formula is C26H25N3O4. The molecule has 3 heterocycles. The first kappa shape index (κ1) is 21.2. The smallest absolute Gasteiger partial charge is 0.258 e. The fourth-order valence-corrected chi connectivity index (χ4v) is 5.07. The van der Waals surface area contributed by atoms with Gasteiger partial charge < -0.3 is 19.6 Å². The average molecular weight is 444 g/mol. The van der Waals surface area contributed by atoms with E-state index in [2.05, 4.69) is 4.98 Å². The van der Waals surface area contributed by atoms with Crippen molar-refractivity contribution in [2.75, 3.05) is 25.2 Å². The number of hydrogen-bond donors (Lipinski definition) is 1. The Labute approximate surface area is 192 Å². The van der Waals surface area contributed by atoms with Crippen LogP contribution in [0.25, 0.3) is 0 Å². The van der Waals surface area contributed by atoms with Crippen molar-refractivity contribution >= 4 is 17.5 Å². The number of ether oxygens (including phenoxy) is 1. The number of carbonyl (C=O) groups is 2. The largest absolute Gasteiger partial charge is 0.497 e. The maximum absolute atomic E-state index is 13.5. The molecule has 0 bridgehead atoms. The Morgan fingerprint density at radius 2 is 1.82 bits per heavy atom. The Kier molecular flexibility index (Phi) is 5.56. The summed E-state index contributed by atoms with van der Waals surface area (Å²) in [5, 5.41) is 10.1. The average Bonchev–Trinajstić information content (AvgIpc) is 2.84. The van der Waals surface area contributed by atoms with Gasteiger partial charge in [0.2, 0.25) is 5.91 Å². The summed E-state index contributed by atoms with van der Waals surface area (Å²) in [6.07, 6.45) is 1.83. The molecule has 0 unspecified atom stereocenters. The fourth-order valence-electron chi connectivity index (χ4n) is 5.07. The molecule has 3 aromatic rings. The van der Waals surface area contributed by atoms with E-state index in [-0.39, 0.29) is 42.8 Å². The summed E-state index contributed by atoms with van der Waals surface area (Å²) in [6.45, 7) is 0.243. The molecule has 2 aliphatic rings. The summed E-state index contributed by atoms with van der Waals surface area (Å²) in [4.78, 5) is 34.4. The maximum Gasteiger partial charge on any atom is 0.258 e. The Hall–Kier alpha value is -3.71. The molecule has 7 heteroatoms. The molecule has 1 aromatic heterocycles. The van der Waals surface area contributed by atoms with E-state index in [0.29, 0.717) is 23.6 Å². The lowest BCUT2D eigenvalue weighted by molar-refractivity contribution is -0.149. The normalized spacial score (nSPS) is 21.0. The second-order valence-electron chi connectivity index (χ2n) is 8.34. The van der Waals surface area contributed by atoms with E-state index in [1.807, 2.05) is 42.5 Å². The van der Waals surface area contributed by atoms with Crippen molar-refractivity contribution in [1.82, 2.24) is 9.88 Å². The minimum absolute atomic E-state index is 0.0150. The number of benzene rings is 2. The minimum Gasteiger partial charge on any atom is -0.497 e. The lowest BCUT2D eigenvalue weighted by atomic mass is 9.71. The molecule has 168 valence electrons. The van der Waals surface area contributed by atoms with Gasteiger partial charge in [0.25, 0.3) is 5.91 Å². The fraction of sp³-hybridized carbons (Fsp3) is 0.269. The lowest BCUT2D eigenvalue weighted by Gasteiger charge is -2.59. The van der Waals surface area contributed by atoms with Gasteiger partial charge in [-0.3, -0.25) is 14.6 Å². The summed E-state index contributed by atoms with van der Waals surface area (Å²) >= 11 is 0. The van der Waals surface area contributed by atoms with Crippen LogP contribution in [-0.4, -0.2) is 59.1 Å². The second-order valence-corrected chi connectivity index (χ2v) is 8.34. The molecule has 2 amide bonds. The predicted octanol–water partition coefficient (Wildman–Crippen LogP) is 2.65. The minimum atomic E-state index is -0.314. The SMILES string of the molecule is COc1ccc(C(=O)N2C[C@@H]3[C@H](c4ccccc42)[C@H](CO)N3C(=O)Cc2ccccn2)cc1. The van der Waals surface area contributed by atoms with Crippen LogP contribution in [0.2, 0.25) is 0 Å². The van der Waals surface area contributed by atoms with Crippen LogP contribution in [0, 0.1) is 0 Å². The Bertz CT molecular complexity index is 1170. The zero-order chi connectivity index (χ0) is 22.9. The molecule has 0 aliphatic carbocycles. The van der Waals surface area contributed by atoms with Gasteiger partial charge >= 0.3 is 0 Å². The second kappa shape index (κ2) is 8.67. The van der Waals surface area contributed by atoms with E-state index in [1.54, 1.807) is 47.4 Å². The van der Waals surface area contributed by atoms with Crippen LogP contribution in [-0.2, 0) is 11.2 Å². The van der Waals surface area contributed by atoms with Crippen LogP contribution < -0.4 is 9.64 Å². The zero-order valence-corrected chi connectivity index (χ0v) is 18.3. The topological polar surface area (TPSA) is 83.0 Å². The number of rotatable bonds is 5. The van der Waals surface area contributed by atoms with Crippen LogP contribution in [0.3, 0.4) is 0 Å². The third kappa shape index (κ3) is 3.64. The first-order valence-corrected chi connectivity index (χ1v) is 11.0. The summed E-state index contributed by atoms with van der Waals surface area (Å²) < 4.78 is 5.21. The molecule has 33 heavy (non-hydrogen) atoms. The first-order chi connectivity index (χ1) is 16.1. The highest BCUT2D eigenvalue weighted by Gasteiger charge is 2.55. The quantitative estimate of drug-likeness (QED) is 0.656. The van der Waals surface area contributed by atoms with E-state index >= 15 is 0 Å². The number of aromatic nitrogens is 1. The van der Waals surface area contributed by atoms with E-state index in [9.17, 15) is 14.7 Å². The summed E-state index contributed by atoms with van der Waals surface area (Å²) in [7, 11) is 1.59. The third-order valence-corrected chi connectivity index (χ3v) is 6.62. The van der Waals surface area contributed by atoms with Crippen LogP contribution in [0.15, 0.2) is 72.9 Å². The van der Waals surface area contributed by atoms with Crippen LogP contribution in [0.5, 0.6) is 5.75 Å². The molecule has 1 N–H and O–H groups in total. The molecule has 5 rings (SSSR count). The van der Waals surface area contributed by atoms with Crippen LogP contribution in [0.1, 0.15) is 27.5 Å². The first-order valence-electron chi connectivity index (χ1n) is 11.0. The molecule has 0 radical (unpaired) electrons. The van der Waals surface area contributed by atoms with Crippen molar-refractivity contribution in [1.29, 1.82) is 0 Å². The molecule has 1 fully saturated rings. The van der Waals surface area contributed by atoms with Gasteiger partial charge in [-0.2, -0.15) is 0 Å². The van der Waals surface area contributed by atoms with Crippen molar-refractivity contribution < 1.29 is 19.4 Å². The van der Waals surface area contributed by atoms with Crippen molar-refractivity contribution in [3.63, 3.8) is 0 Å². The number of aliphatic hydroxyl groups is 1. The highest BCUT2D eigenvalue weighted by molar-refractivity contribution is 6.07. The highest BCUT2D eigenvalue weighted by Crippen LogP contribution is 2.48. The third-order valence-electron chi connectivity index (χ3n) is 6.62. The molecule has 1 saturated heterocycles. The number of fused-ring (bicyclic) bond motifs is 3. The van der Waals surface area contributed by atoms with Crippen molar-refractivity contribution in [2.45, 2.75) is 24.4 Å². The molecule has 2 aliphatic heterocycles. The molecule has 7 nitrogen and oxygen atoms in total. The maximum atomic E-state index is 13.5. The lowest BCUT2D eigenvalue weighted by Crippen LogP contribution is -2.71. The number of anilines is 1. The number of nitrogens with zero attached hydrogens (tertiary/aromatic N) is 3.